The van der Waals surface area contributed by atoms with Gasteiger partial charge in [0.1, 0.15) is 0 Å². The van der Waals surface area contributed by atoms with Crippen molar-refractivity contribution in [2.24, 2.45) is 0 Å². The number of rotatable bonds is 0. The third-order valence-corrected chi connectivity index (χ3v) is 0. The molecule has 0 aromatic carbocycles. The first-order valence-electron chi connectivity index (χ1n) is 0.651. The third-order valence-electron chi connectivity index (χ3n) is 0. The van der Waals surface area contributed by atoms with Gasteiger partial charge in [0.25, 0.3) is 0 Å². The SMILES string of the molecule is O=C(O)O.[KH].[Ti]. The van der Waals surface area contributed by atoms with E-state index in [1.54, 1.807) is 0 Å². The van der Waals surface area contributed by atoms with Crippen LogP contribution in [-0.2, 0) is 21.7 Å². The molecule has 0 radical (unpaired) electrons. The molecule has 0 atom stereocenters. The summed E-state index contributed by atoms with van der Waals surface area (Å²) < 4.78 is 0. The minimum Gasteiger partial charge on any atom is 0 e. The van der Waals surface area contributed by atoms with Crippen LogP contribution in [0.4, 0.5) is 4.79 Å². The second-order valence-corrected chi connectivity index (χ2v) is 0.283. The first-order valence-corrected chi connectivity index (χ1v) is 0.651. The fourth-order valence-corrected chi connectivity index (χ4v) is 0. The normalized spacial score (nSPS) is 4.00. The summed E-state index contributed by atoms with van der Waals surface area (Å²) in [5, 5.41) is 13.9. The molecule has 6 heavy (non-hydrogen) atoms. The average molecular weight is 150 g/mol. The molecule has 0 unspecified atom stereocenters. The molecule has 0 aliphatic heterocycles. The summed E-state index contributed by atoms with van der Waals surface area (Å²) >= 11 is 0. The van der Waals surface area contributed by atoms with Crippen molar-refractivity contribution in [2.75, 3.05) is 0 Å². The number of carbonyl (C=O) groups is 1. The summed E-state index contributed by atoms with van der Waals surface area (Å²) in [6, 6.07) is 0. The molecule has 0 heterocycles. The Labute approximate surface area is 92.4 Å². The van der Waals surface area contributed by atoms with Crippen molar-refractivity contribution in [3.8, 4) is 0 Å². The third kappa shape index (κ3) is 45.7. The maximum Gasteiger partial charge on any atom is 0 e. The van der Waals surface area contributed by atoms with Crippen LogP contribution < -0.4 is 0 Å². The maximum atomic E-state index is 8.56. The molecule has 0 bridgehead atoms. The summed E-state index contributed by atoms with van der Waals surface area (Å²) in [6.45, 7) is 0. The van der Waals surface area contributed by atoms with Gasteiger partial charge in [-0.05, 0) is 0 Å². The Bertz CT molecular complexity index is 33.8. The van der Waals surface area contributed by atoms with Gasteiger partial charge in [0.15, 0.2) is 0 Å². The summed E-state index contributed by atoms with van der Waals surface area (Å²) in [7, 11) is 0. The summed E-state index contributed by atoms with van der Waals surface area (Å²) in [5.41, 5.74) is 0. The van der Waals surface area contributed by atoms with Gasteiger partial charge in [-0.1, -0.05) is 0 Å². The molecule has 0 aromatic heterocycles. The minimum atomic E-state index is -1.83. The van der Waals surface area contributed by atoms with E-state index in [1.165, 1.54) is 0 Å². The molecule has 0 aliphatic rings. The second-order valence-electron chi connectivity index (χ2n) is 0.283. The van der Waals surface area contributed by atoms with E-state index in [4.69, 9.17) is 15.0 Å². The van der Waals surface area contributed by atoms with Gasteiger partial charge in [0.2, 0.25) is 0 Å². The van der Waals surface area contributed by atoms with Crippen molar-refractivity contribution in [3.05, 3.63) is 0 Å². The van der Waals surface area contributed by atoms with Crippen molar-refractivity contribution >= 4 is 57.5 Å². The van der Waals surface area contributed by atoms with Gasteiger partial charge >= 0.3 is 57.5 Å². The van der Waals surface area contributed by atoms with Gasteiger partial charge in [-0.15, -0.1) is 0 Å². The van der Waals surface area contributed by atoms with Crippen molar-refractivity contribution in [2.45, 2.75) is 0 Å². The Morgan fingerprint density at radius 3 is 1.33 bits per heavy atom. The molecular formula is CH3KO3Ti. The van der Waals surface area contributed by atoms with Gasteiger partial charge in [-0.2, -0.15) is 0 Å². The predicted octanol–water partition coefficient (Wildman–Crippen LogP) is -0.429. The van der Waals surface area contributed by atoms with Crippen LogP contribution in [0.15, 0.2) is 0 Å². The van der Waals surface area contributed by atoms with Crippen LogP contribution in [0.3, 0.4) is 0 Å². The molecule has 5 heteroatoms. The van der Waals surface area contributed by atoms with Crippen LogP contribution in [0.2, 0.25) is 0 Å². The van der Waals surface area contributed by atoms with Crippen molar-refractivity contribution < 1.29 is 36.7 Å². The topological polar surface area (TPSA) is 57.5 Å². The molecule has 0 aromatic rings. The molecule has 2 N–H and O–H groups in total. The molecule has 0 spiro atoms. The summed E-state index contributed by atoms with van der Waals surface area (Å²) in [4.78, 5) is 8.56. The zero-order chi connectivity index (χ0) is 3.58. The van der Waals surface area contributed by atoms with Gasteiger partial charge in [0, 0.05) is 21.7 Å². The minimum absolute atomic E-state index is 0. The number of carboxylic acid groups (broad SMARTS) is 2. The van der Waals surface area contributed by atoms with Crippen molar-refractivity contribution in [1.82, 2.24) is 0 Å². The largest absolute Gasteiger partial charge is 0 e. The Morgan fingerprint density at radius 2 is 1.33 bits per heavy atom. The molecule has 0 saturated heterocycles. The van der Waals surface area contributed by atoms with E-state index in [-0.39, 0.29) is 73.1 Å². The molecule has 0 aliphatic carbocycles. The van der Waals surface area contributed by atoms with Gasteiger partial charge in [-0.25, -0.2) is 4.79 Å². The van der Waals surface area contributed by atoms with Gasteiger partial charge < -0.3 is 10.2 Å². The first-order chi connectivity index (χ1) is 1.73. The van der Waals surface area contributed by atoms with Crippen molar-refractivity contribution in [3.63, 3.8) is 0 Å². The van der Waals surface area contributed by atoms with Crippen LogP contribution >= 0.6 is 0 Å². The Morgan fingerprint density at radius 1 is 1.33 bits per heavy atom. The monoisotopic (exact) mass is 150 g/mol. The van der Waals surface area contributed by atoms with Gasteiger partial charge in [-0.3, -0.25) is 0 Å². The van der Waals surface area contributed by atoms with E-state index >= 15 is 0 Å². The van der Waals surface area contributed by atoms with Crippen LogP contribution in [0.25, 0.3) is 0 Å². The zero-order valence-electron chi connectivity index (χ0n) is 2.30. The maximum absolute atomic E-state index is 8.56. The van der Waals surface area contributed by atoms with Crippen LogP contribution in [0.1, 0.15) is 0 Å². The van der Waals surface area contributed by atoms with E-state index in [0.29, 0.717) is 0 Å². The average Bonchev–Trinajstić information content (AvgIpc) is 0.811. The predicted molar refractivity (Wildman–Crippen MR) is 17.8 cm³/mol. The molecule has 0 saturated carbocycles. The molecule has 30 valence electrons. The quantitative estimate of drug-likeness (QED) is 0.460. The summed E-state index contributed by atoms with van der Waals surface area (Å²) in [5.74, 6) is 0. The molecule has 0 amide bonds. The first kappa shape index (κ1) is 15.6. The number of hydrogen-bond donors (Lipinski definition) is 2. The van der Waals surface area contributed by atoms with Gasteiger partial charge in [0.05, 0.1) is 0 Å². The molecule has 0 rings (SSSR count). The molecule has 0 fully saturated rings. The Kier molecular flexibility index (Phi) is 25.5. The second kappa shape index (κ2) is 9.80. The Hall–Kier alpha value is 1.62. The van der Waals surface area contributed by atoms with Crippen LogP contribution in [-0.4, -0.2) is 67.8 Å². The van der Waals surface area contributed by atoms with Crippen LogP contribution in [0.5, 0.6) is 0 Å². The zero-order valence-corrected chi connectivity index (χ0v) is 3.86. The smallest absolute Gasteiger partial charge is 0 e. The standard InChI is InChI=1S/CH2O3.K.Ti.H/c2-1(3)4;;;/h(H2,2,3,4);;;. The van der Waals surface area contributed by atoms with E-state index in [1.807, 2.05) is 0 Å². The fraction of sp³-hybridized carbons (Fsp3) is 0. The van der Waals surface area contributed by atoms with Crippen molar-refractivity contribution in [1.29, 1.82) is 0 Å². The number of hydrogen-bond acceptors (Lipinski definition) is 1. The van der Waals surface area contributed by atoms with E-state index in [0.717, 1.165) is 0 Å². The Balaban J connectivity index is -0.0000000450. The summed E-state index contributed by atoms with van der Waals surface area (Å²) in [6.07, 6.45) is -1.83. The van der Waals surface area contributed by atoms with E-state index < -0.39 is 6.16 Å². The molecular weight excluding hydrogens is 147 g/mol. The van der Waals surface area contributed by atoms with E-state index in [9.17, 15) is 0 Å². The molecule has 3 nitrogen and oxygen atoms in total. The fourth-order valence-electron chi connectivity index (χ4n) is 0. The van der Waals surface area contributed by atoms with Crippen LogP contribution in [0, 0.1) is 0 Å². The van der Waals surface area contributed by atoms with E-state index in [2.05, 4.69) is 0 Å².